The Bertz CT molecular complexity index is 589. The Morgan fingerprint density at radius 3 is 2.76 bits per heavy atom. The van der Waals surface area contributed by atoms with Gasteiger partial charge in [-0.25, -0.2) is 13.1 Å². The Morgan fingerprint density at radius 1 is 1.29 bits per heavy atom. The molecule has 2 rings (SSSR count). The van der Waals surface area contributed by atoms with Crippen LogP contribution in [0.2, 0.25) is 0 Å². The van der Waals surface area contributed by atoms with Crippen LogP contribution < -0.4 is 4.72 Å². The lowest BCUT2D eigenvalue weighted by Crippen LogP contribution is -2.27. The molecule has 1 aliphatic carbocycles. The summed E-state index contributed by atoms with van der Waals surface area (Å²) in [5, 5.41) is 0. The van der Waals surface area contributed by atoms with E-state index in [4.69, 9.17) is 0 Å². The minimum atomic E-state index is -3.45. The fourth-order valence-electron chi connectivity index (χ4n) is 2.98. The Morgan fingerprint density at radius 2 is 2.05 bits per heavy atom. The zero-order chi connectivity index (χ0) is 15.5. The second kappa shape index (κ2) is 7.57. The molecule has 1 N–H and O–H groups in total. The third kappa shape index (κ3) is 5.05. The van der Waals surface area contributed by atoms with Gasteiger partial charge in [-0.3, -0.25) is 0 Å². The molecular formula is C15H21Br2NO2S. The zero-order valence-electron chi connectivity index (χ0n) is 12.1. The first-order valence-electron chi connectivity index (χ1n) is 7.33. The minimum absolute atomic E-state index is 0.286. The summed E-state index contributed by atoms with van der Waals surface area (Å²) in [6.07, 6.45) is 5.97. The van der Waals surface area contributed by atoms with Crippen molar-refractivity contribution in [3.63, 3.8) is 0 Å². The topological polar surface area (TPSA) is 46.2 Å². The van der Waals surface area contributed by atoms with E-state index in [2.05, 4.69) is 43.5 Å². The molecule has 0 aromatic heterocycles. The SMILES string of the molecule is CC1CCCC(CCNS(=O)(=O)c2cc(Br)ccc2Br)C1. The molecule has 2 atom stereocenters. The van der Waals surface area contributed by atoms with Crippen LogP contribution in [0.4, 0.5) is 0 Å². The van der Waals surface area contributed by atoms with Crippen molar-refractivity contribution in [3.05, 3.63) is 27.1 Å². The van der Waals surface area contributed by atoms with Crippen molar-refractivity contribution in [3.8, 4) is 0 Å². The Hall–Kier alpha value is 0.0900. The summed E-state index contributed by atoms with van der Waals surface area (Å²) in [6.45, 7) is 2.80. The largest absolute Gasteiger partial charge is 0.241 e. The van der Waals surface area contributed by atoms with Gasteiger partial charge in [-0.15, -0.1) is 0 Å². The van der Waals surface area contributed by atoms with Gasteiger partial charge >= 0.3 is 0 Å². The van der Waals surface area contributed by atoms with Crippen LogP contribution in [0.25, 0.3) is 0 Å². The highest BCUT2D eigenvalue weighted by molar-refractivity contribution is 9.11. The van der Waals surface area contributed by atoms with Crippen LogP contribution in [-0.4, -0.2) is 15.0 Å². The highest BCUT2D eigenvalue weighted by atomic mass is 79.9. The predicted octanol–water partition coefficient (Wildman–Crippen LogP) is 4.71. The third-order valence-corrected chi connectivity index (χ3v) is 7.02. The molecular weight excluding hydrogens is 418 g/mol. The first-order chi connectivity index (χ1) is 9.88. The average Bonchev–Trinajstić information content (AvgIpc) is 2.41. The van der Waals surface area contributed by atoms with Crippen LogP contribution >= 0.6 is 31.9 Å². The normalized spacial score (nSPS) is 23.2. The molecule has 0 radical (unpaired) electrons. The third-order valence-electron chi connectivity index (χ3n) is 4.07. The van der Waals surface area contributed by atoms with Crippen LogP contribution in [0.15, 0.2) is 32.0 Å². The van der Waals surface area contributed by atoms with Gasteiger partial charge in [0.2, 0.25) is 10.0 Å². The van der Waals surface area contributed by atoms with Crippen molar-refractivity contribution in [2.75, 3.05) is 6.54 Å². The average molecular weight is 439 g/mol. The second-order valence-electron chi connectivity index (χ2n) is 5.90. The van der Waals surface area contributed by atoms with Gasteiger partial charge in [-0.1, -0.05) is 42.1 Å². The van der Waals surface area contributed by atoms with Gasteiger partial charge in [0.05, 0.1) is 4.90 Å². The van der Waals surface area contributed by atoms with Crippen molar-refractivity contribution in [2.45, 2.75) is 43.9 Å². The summed E-state index contributed by atoms with van der Waals surface area (Å²) >= 11 is 6.62. The Balaban J connectivity index is 1.93. The molecule has 0 spiro atoms. The molecule has 6 heteroatoms. The standard InChI is InChI=1S/C15H21Br2NO2S/c1-11-3-2-4-12(9-11)7-8-18-21(19,20)15-10-13(16)5-6-14(15)17/h5-6,10-12,18H,2-4,7-9H2,1H3. The Kier molecular flexibility index (Phi) is 6.29. The van der Waals surface area contributed by atoms with E-state index in [-0.39, 0.29) is 4.90 Å². The number of hydrogen-bond donors (Lipinski definition) is 1. The molecule has 2 unspecified atom stereocenters. The number of halogens is 2. The number of hydrogen-bond acceptors (Lipinski definition) is 2. The van der Waals surface area contributed by atoms with Gasteiger partial charge in [0.25, 0.3) is 0 Å². The number of nitrogens with one attached hydrogen (secondary N) is 1. The number of sulfonamides is 1. The first kappa shape index (κ1) is 17.4. The lowest BCUT2D eigenvalue weighted by atomic mass is 9.81. The van der Waals surface area contributed by atoms with E-state index < -0.39 is 10.0 Å². The van der Waals surface area contributed by atoms with E-state index in [0.29, 0.717) is 16.9 Å². The van der Waals surface area contributed by atoms with Crippen LogP contribution in [0.1, 0.15) is 39.0 Å². The monoisotopic (exact) mass is 437 g/mol. The van der Waals surface area contributed by atoms with Crippen molar-refractivity contribution in [1.29, 1.82) is 0 Å². The summed E-state index contributed by atoms with van der Waals surface area (Å²) in [4.78, 5) is 0.286. The summed E-state index contributed by atoms with van der Waals surface area (Å²) in [5.41, 5.74) is 0. The summed E-state index contributed by atoms with van der Waals surface area (Å²) in [7, 11) is -3.45. The molecule has 0 saturated heterocycles. The van der Waals surface area contributed by atoms with Gasteiger partial charge in [0, 0.05) is 15.5 Å². The molecule has 0 aliphatic heterocycles. The molecule has 1 aromatic rings. The maximum atomic E-state index is 12.3. The fourth-order valence-corrected chi connectivity index (χ4v) is 5.53. The summed E-state index contributed by atoms with van der Waals surface area (Å²) in [6, 6.07) is 5.17. The van der Waals surface area contributed by atoms with Gasteiger partial charge < -0.3 is 0 Å². The Labute approximate surface area is 144 Å². The van der Waals surface area contributed by atoms with E-state index >= 15 is 0 Å². The lowest BCUT2D eigenvalue weighted by molar-refractivity contribution is 0.271. The molecule has 1 aromatic carbocycles. The van der Waals surface area contributed by atoms with Crippen molar-refractivity contribution in [1.82, 2.24) is 4.72 Å². The molecule has 118 valence electrons. The molecule has 0 bridgehead atoms. The molecule has 1 saturated carbocycles. The van der Waals surface area contributed by atoms with E-state index in [9.17, 15) is 8.42 Å². The van der Waals surface area contributed by atoms with Crippen molar-refractivity contribution < 1.29 is 8.42 Å². The van der Waals surface area contributed by atoms with Gasteiger partial charge in [0.1, 0.15) is 0 Å². The smallest absolute Gasteiger partial charge is 0.211 e. The summed E-state index contributed by atoms with van der Waals surface area (Å²) in [5.74, 6) is 1.43. The van der Waals surface area contributed by atoms with Gasteiger partial charge in [0.15, 0.2) is 0 Å². The first-order valence-corrected chi connectivity index (χ1v) is 10.4. The molecule has 0 amide bonds. The van der Waals surface area contributed by atoms with E-state index in [1.165, 1.54) is 25.7 Å². The maximum absolute atomic E-state index is 12.3. The van der Waals surface area contributed by atoms with Crippen LogP contribution in [0.5, 0.6) is 0 Å². The fraction of sp³-hybridized carbons (Fsp3) is 0.600. The maximum Gasteiger partial charge on any atom is 0.241 e. The number of rotatable bonds is 5. The van der Waals surface area contributed by atoms with E-state index in [1.54, 1.807) is 12.1 Å². The lowest BCUT2D eigenvalue weighted by Gasteiger charge is -2.26. The van der Waals surface area contributed by atoms with Gasteiger partial charge in [-0.2, -0.15) is 0 Å². The molecule has 21 heavy (non-hydrogen) atoms. The van der Waals surface area contributed by atoms with Crippen molar-refractivity contribution in [2.24, 2.45) is 11.8 Å². The minimum Gasteiger partial charge on any atom is -0.211 e. The zero-order valence-corrected chi connectivity index (χ0v) is 16.1. The number of benzene rings is 1. The van der Waals surface area contributed by atoms with E-state index in [0.717, 1.165) is 16.8 Å². The van der Waals surface area contributed by atoms with Crippen molar-refractivity contribution >= 4 is 41.9 Å². The van der Waals surface area contributed by atoms with Crippen LogP contribution in [0, 0.1) is 11.8 Å². The van der Waals surface area contributed by atoms with Crippen LogP contribution in [-0.2, 0) is 10.0 Å². The van der Waals surface area contributed by atoms with Crippen LogP contribution in [0.3, 0.4) is 0 Å². The molecule has 3 nitrogen and oxygen atoms in total. The molecule has 1 aliphatic rings. The van der Waals surface area contributed by atoms with E-state index in [1.807, 2.05) is 6.07 Å². The molecule has 1 fully saturated rings. The highest BCUT2D eigenvalue weighted by Gasteiger charge is 2.21. The predicted molar refractivity (Wildman–Crippen MR) is 92.8 cm³/mol. The second-order valence-corrected chi connectivity index (χ2v) is 9.40. The quantitative estimate of drug-likeness (QED) is 0.723. The van der Waals surface area contributed by atoms with Gasteiger partial charge in [-0.05, 0) is 58.8 Å². The summed E-state index contributed by atoms with van der Waals surface area (Å²) < 4.78 is 28.8. The highest BCUT2D eigenvalue weighted by Crippen LogP contribution is 2.30. The molecule has 0 heterocycles.